The van der Waals surface area contributed by atoms with Gasteiger partial charge < -0.3 is 19.2 Å². The number of halogens is 1. The van der Waals surface area contributed by atoms with E-state index in [1.807, 2.05) is 63.2 Å². The molecule has 0 amide bonds. The number of sulfone groups is 1. The zero-order valence-electron chi connectivity index (χ0n) is 29.7. The highest BCUT2D eigenvalue weighted by Crippen LogP contribution is 2.31. The second kappa shape index (κ2) is 18.1. The maximum atomic E-state index is 12.8. The summed E-state index contributed by atoms with van der Waals surface area (Å²) in [5, 5.41) is 1.92. The molecule has 0 spiro atoms. The summed E-state index contributed by atoms with van der Waals surface area (Å²) in [6.07, 6.45) is 6.46. The third kappa shape index (κ3) is 10.1. The maximum absolute atomic E-state index is 12.8. The van der Waals surface area contributed by atoms with Crippen LogP contribution in [0.5, 0.6) is 11.5 Å². The minimum absolute atomic E-state index is 0. The lowest BCUT2D eigenvalue weighted by Gasteiger charge is -2.20. The fourth-order valence-corrected chi connectivity index (χ4v) is 7.70. The van der Waals surface area contributed by atoms with E-state index in [-0.39, 0.29) is 35.8 Å². The number of hydrogen-bond acceptors (Lipinski definition) is 8. The van der Waals surface area contributed by atoms with Gasteiger partial charge in [0.15, 0.2) is 0 Å². The van der Waals surface area contributed by atoms with Crippen LogP contribution in [0.15, 0.2) is 95.0 Å². The first-order valence-corrected chi connectivity index (χ1v) is 19.0. The van der Waals surface area contributed by atoms with Gasteiger partial charge in [-0.25, -0.2) is 13.2 Å². The Morgan fingerprint density at radius 1 is 0.750 bits per heavy atom. The number of carbonyl (C=O) groups is 1. The Morgan fingerprint density at radius 3 is 1.88 bits per heavy atom. The van der Waals surface area contributed by atoms with Crippen molar-refractivity contribution in [3.8, 4) is 11.5 Å². The first-order chi connectivity index (χ1) is 24.1. The molecular formula is C40H53ClN4O6S. The van der Waals surface area contributed by atoms with Crippen LogP contribution in [0.4, 0.5) is 4.79 Å². The van der Waals surface area contributed by atoms with Crippen molar-refractivity contribution in [3.05, 3.63) is 85.1 Å². The number of rotatable bonds is 10. The number of aromatic amines is 1. The number of nitrogens with zero attached hydrogens (tertiary/aromatic N) is 3. The fourth-order valence-electron chi connectivity index (χ4n) is 6.42. The molecule has 3 aromatic carbocycles. The summed E-state index contributed by atoms with van der Waals surface area (Å²) >= 11 is 0. The van der Waals surface area contributed by atoms with Crippen LogP contribution in [0.25, 0.3) is 21.8 Å². The normalized spacial score (nSPS) is 15.1. The van der Waals surface area contributed by atoms with Crippen molar-refractivity contribution in [2.75, 3.05) is 52.5 Å². The summed E-state index contributed by atoms with van der Waals surface area (Å²) in [6, 6.07) is 23.4. The number of nitrogens with one attached hydrogen (secondary N) is 1. The summed E-state index contributed by atoms with van der Waals surface area (Å²) in [5.74, 6) is 1.53. The molecule has 1 N–H and O–H groups in total. The van der Waals surface area contributed by atoms with Crippen molar-refractivity contribution in [1.82, 2.24) is 19.4 Å². The number of carbonyl (C=O) groups excluding carboxylic acids is 1. The van der Waals surface area contributed by atoms with Gasteiger partial charge in [0, 0.05) is 30.1 Å². The van der Waals surface area contributed by atoms with Crippen LogP contribution in [0.3, 0.4) is 0 Å². The first kappa shape index (κ1) is 40.7. The lowest BCUT2D eigenvalue weighted by Crippen LogP contribution is -2.26. The number of hydrogen-bond donors (Lipinski definition) is 1. The quantitative estimate of drug-likeness (QED) is 0.152. The van der Waals surface area contributed by atoms with Gasteiger partial charge in [0.2, 0.25) is 9.84 Å². The van der Waals surface area contributed by atoms with E-state index < -0.39 is 15.4 Å². The molecule has 0 aliphatic carbocycles. The van der Waals surface area contributed by atoms with Gasteiger partial charge in [-0.2, -0.15) is 0 Å². The van der Waals surface area contributed by atoms with Gasteiger partial charge in [0.05, 0.1) is 15.9 Å². The van der Waals surface area contributed by atoms with Crippen molar-refractivity contribution >= 4 is 50.1 Å². The van der Waals surface area contributed by atoms with Gasteiger partial charge in [0.1, 0.15) is 35.3 Å². The van der Waals surface area contributed by atoms with E-state index in [9.17, 15) is 13.2 Å². The van der Waals surface area contributed by atoms with E-state index in [4.69, 9.17) is 14.2 Å². The first-order valence-electron chi connectivity index (χ1n) is 17.5. The molecule has 2 aromatic heterocycles. The Hall–Kier alpha value is -4.03. The van der Waals surface area contributed by atoms with E-state index >= 15 is 0 Å². The SMILES string of the molecule is C.CC(C)(C)OC(=O)n1ccc2c(OCCN3CCCC3)cccc21.Cl.O=S(=O)(c1ccccc1)c1cc2c(OCCN3CCCC3)cccc2[nH]1. The molecule has 5 aromatic rings. The fraction of sp³-hybridized carbons (Fsp3) is 0.425. The second-order valence-corrected chi connectivity index (χ2v) is 15.7. The summed E-state index contributed by atoms with van der Waals surface area (Å²) in [5.41, 5.74) is 1.05. The van der Waals surface area contributed by atoms with E-state index in [0.29, 0.717) is 19.0 Å². The number of likely N-dealkylation sites (tertiary alicyclic amines) is 2. The summed E-state index contributed by atoms with van der Waals surface area (Å²) in [6.45, 7) is 13.3. The van der Waals surface area contributed by atoms with Gasteiger partial charge in [-0.1, -0.05) is 37.8 Å². The van der Waals surface area contributed by atoms with Gasteiger partial charge >= 0.3 is 6.09 Å². The monoisotopic (exact) mass is 752 g/mol. The van der Waals surface area contributed by atoms with Crippen LogP contribution in [0.2, 0.25) is 0 Å². The van der Waals surface area contributed by atoms with Crippen LogP contribution in [-0.4, -0.2) is 91.9 Å². The Balaban J connectivity index is 0.000000225. The van der Waals surface area contributed by atoms with E-state index in [1.54, 1.807) is 42.6 Å². The molecule has 2 fully saturated rings. The van der Waals surface area contributed by atoms with Crippen LogP contribution >= 0.6 is 12.4 Å². The molecule has 0 bridgehead atoms. The molecule has 52 heavy (non-hydrogen) atoms. The summed E-state index contributed by atoms with van der Waals surface area (Å²) in [4.78, 5) is 20.5. The zero-order chi connectivity index (χ0) is 35.1. The number of benzene rings is 3. The summed E-state index contributed by atoms with van der Waals surface area (Å²) < 4.78 is 44.6. The lowest BCUT2D eigenvalue weighted by atomic mass is 10.2. The Kier molecular flexibility index (Phi) is 14.2. The predicted octanol–water partition coefficient (Wildman–Crippen LogP) is 8.43. The molecule has 2 aliphatic heterocycles. The Labute approximate surface area is 314 Å². The molecule has 10 nitrogen and oxygen atoms in total. The van der Waals surface area contributed by atoms with E-state index in [0.717, 1.165) is 53.7 Å². The third-order valence-corrected chi connectivity index (χ3v) is 10.6. The van der Waals surface area contributed by atoms with Crippen LogP contribution in [-0.2, 0) is 14.6 Å². The van der Waals surface area contributed by atoms with Crippen molar-refractivity contribution in [2.24, 2.45) is 0 Å². The Morgan fingerprint density at radius 2 is 1.31 bits per heavy atom. The van der Waals surface area contributed by atoms with E-state index in [1.165, 1.54) is 43.3 Å². The highest BCUT2D eigenvalue weighted by atomic mass is 35.5. The highest BCUT2D eigenvalue weighted by Gasteiger charge is 2.22. The summed E-state index contributed by atoms with van der Waals surface area (Å²) in [7, 11) is -3.57. The van der Waals surface area contributed by atoms with Crippen molar-refractivity contribution < 1.29 is 27.4 Å². The lowest BCUT2D eigenvalue weighted by molar-refractivity contribution is 0.0544. The molecule has 282 valence electrons. The molecule has 7 rings (SSSR count). The molecule has 0 unspecified atom stereocenters. The molecular weight excluding hydrogens is 700 g/mol. The van der Waals surface area contributed by atoms with Gasteiger partial charge in [-0.3, -0.25) is 14.4 Å². The number of fused-ring (bicyclic) bond motifs is 2. The number of ether oxygens (including phenoxy) is 3. The second-order valence-electron chi connectivity index (χ2n) is 13.8. The molecule has 4 heterocycles. The Bertz CT molecular complexity index is 1990. The predicted molar refractivity (Wildman–Crippen MR) is 210 cm³/mol. The topological polar surface area (TPSA) is 106 Å². The largest absolute Gasteiger partial charge is 0.492 e. The molecule has 2 saturated heterocycles. The van der Waals surface area contributed by atoms with Crippen molar-refractivity contribution in [2.45, 2.75) is 69.4 Å². The molecule has 2 aliphatic rings. The zero-order valence-corrected chi connectivity index (χ0v) is 31.3. The molecule has 12 heteroatoms. The standard InChI is InChI=1S/C20H22N2O3S.C19H26N2O3.CH4.ClH/c23-26(24,16-7-2-1-3-8-16)20-15-17-18(21-20)9-6-10-19(17)25-14-13-22-11-4-5-12-22;1-19(2,3)24-18(22)21-12-9-15-16(21)7-6-8-17(15)23-14-13-20-10-4-5-11-20;;/h1-3,6-10,15,21H,4-5,11-14H2;6-9,12H,4-5,10-11,13-14H2,1-3H3;1H4;1H. The number of aromatic nitrogens is 2. The van der Waals surface area contributed by atoms with Gasteiger partial charge in [-0.15, -0.1) is 12.4 Å². The molecule has 0 radical (unpaired) electrons. The maximum Gasteiger partial charge on any atom is 0.418 e. The van der Waals surface area contributed by atoms with Gasteiger partial charge in [-0.05, 0) is 121 Å². The van der Waals surface area contributed by atoms with Crippen molar-refractivity contribution in [3.63, 3.8) is 0 Å². The molecule has 0 saturated carbocycles. The molecule has 0 atom stereocenters. The smallest absolute Gasteiger partial charge is 0.418 e. The highest BCUT2D eigenvalue weighted by molar-refractivity contribution is 7.91. The minimum Gasteiger partial charge on any atom is -0.492 e. The third-order valence-electron chi connectivity index (χ3n) is 8.95. The minimum atomic E-state index is -3.57. The number of H-pyrrole nitrogens is 1. The average molecular weight is 753 g/mol. The van der Waals surface area contributed by atoms with Crippen LogP contribution in [0, 0.1) is 0 Å². The van der Waals surface area contributed by atoms with E-state index in [2.05, 4.69) is 14.8 Å². The average Bonchev–Trinajstić information content (AvgIpc) is 3.92. The van der Waals surface area contributed by atoms with Crippen LogP contribution < -0.4 is 9.47 Å². The van der Waals surface area contributed by atoms with Crippen molar-refractivity contribution in [1.29, 1.82) is 0 Å². The van der Waals surface area contributed by atoms with Gasteiger partial charge in [0.25, 0.3) is 0 Å². The van der Waals surface area contributed by atoms with Crippen LogP contribution in [0.1, 0.15) is 53.9 Å².